The maximum Gasteiger partial charge on any atom is 0.314 e. The number of hydrogen-bond acceptors (Lipinski definition) is 4. The van der Waals surface area contributed by atoms with E-state index in [0.29, 0.717) is 6.42 Å². The molecule has 35 heavy (non-hydrogen) atoms. The quantitative estimate of drug-likeness (QED) is 0.0688. The summed E-state index contributed by atoms with van der Waals surface area (Å²) in [6, 6.07) is 0. The van der Waals surface area contributed by atoms with E-state index in [1.54, 1.807) is 20.8 Å². The van der Waals surface area contributed by atoms with Gasteiger partial charge in [0.05, 0.1) is 6.10 Å². The highest BCUT2D eigenvalue weighted by molar-refractivity contribution is 8.89. The van der Waals surface area contributed by atoms with Gasteiger partial charge in [-0.3, -0.25) is 4.57 Å². The predicted octanol–water partition coefficient (Wildman–Crippen LogP) is 13.0. The Kier molecular flexibility index (Phi) is 19.5. The van der Waals surface area contributed by atoms with Crippen molar-refractivity contribution in [2.45, 2.75) is 148 Å². The van der Waals surface area contributed by atoms with Crippen molar-refractivity contribution in [3.8, 4) is 0 Å². The zero-order chi connectivity index (χ0) is 27.3. The highest BCUT2D eigenvalue weighted by Crippen LogP contribution is 2.76. The molecule has 0 aliphatic heterocycles. The normalized spacial score (nSPS) is 16.3. The van der Waals surface area contributed by atoms with Gasteiger partial charge in [-0.15, -0.1) is 46.4 Å². The lowest BCUT2D eigenvalue weighted by atomic mass is 10.1. The topological polar surface area (TPSA) is 26.3 Å². The molecule has 0 fully saturated rings. The van der Waals surface area contributed by atoms with Crippen molar-refractivity contribution in [2.75, 3.05) is 0 Å². The third kappa shape index (κ3) is 17.1. The molecule has 0 saturated carbocycles. The molecule has 0 rings (SSSR count). The number of halogens is 6. The molecule has 0 aromatic heterocycles. The maximum atomic E-state index is 14.6. The Morgan fingerprint density at radius 3 is 1.26 bits per heavy atom. The van der Waals surface area contributed by atoms with E-state index in [-0.39, 0.29) is 10.5 Å². The summed E-state index contributed by atoms with van der Waals surface area (Å²) in [5, 5.41) is -0.616. The van der Waals surface area contributed by atoms with Gasteiger partial charge in [0.25, 0.3) is 0 Å². The minimum atomic E-state index is -3.50. The minimum Gasteiger partial charge on any atom is -0.307 e. The molecule has 0 aliphatic rings. The van der Waals surface area contributed by atoms with Crippen LogP contribution in [0.15, 0.2) is 0 Å². The summed E-state index contributed by atoms with van der Waals surface area (Å²) in [7, 11) is 0. The van der Waals surface area contributed by atoms with Crippen molar-refractivity contribution in [3.63, 3.8) is 0 Å². The number of rotatable bonds is 21. The maximum absolute atomic E-state index is 14.6. The zero-order valence-corrected chi connectivity index (χ0v) is 29.1. The summed E-state index contributed by atoms with van der Waals surface area (Å²) in [5.74, 6) is -3.50. The first-order valence-electron chi connectivity index (χ1n) is 12.8. The minimum absolute atomic E-state index is 0.308. The van der Waals surface area contributed by atoms with Crippen molar-refractivity contribution in [3.05, 3.63) is 0 Å². The lowest BCUT2D eigenvalue weighted by Crippen LogP contribution is -2.31. The molecule has 0 N–H and O–H groups in total. The smallest absolute Gasteiger partial charge is 0.307 e. The SMILES string of the molecule is CCCCC[C@H](OP(=O)(S[C@@H](CCCCC)C(C)(Cl)Cl)S[C@@H](CCCCC)C(C)(Cl)Cl)C(C)(Cl)Cl. The van der Waals surface area contributed by atoms with E-state index >= 15 is 0 Å². The fourth-order valence-corrected chi connectivity index (χ4v) is 15.1. The van der Waals surface area contributed by atoms with Gasteiger partial charge in [0.2, 0.25) is 0 Å². The molecular weight excluding hydrogens is 628 g/mol. The van der Waals surface area contributed by atoms with Crippen LogP contribution in [-0.2, 0) is 9.09 Å². The van der Waals surface area contributed by atoms with E-state index in [0.717, 1.165) is 70.6 Å². The van der Waals surface area contributed by atoms with E-state index in [4.69, 9.17) is 74.1 Å². The average Bonchev–Trinajstić information content (AvgIpc) is 2.70. The summed E-state index contributed by atoms with van der Waals surface area (Å²) >= 11 is 41.9. The molecule has 3 atom stereocenters. The van der Waals surface area contributed by atoms with Gasteiger partial charge in [-0.25, -0.2) is 0 Å². The van der Waals surface area contributed by atoms with Gasteiger partial charge in [0, 0.05) is 10.5 Å². The Morgan fingerprint density at radius 1 is 0.629 bits per heavy atom. The van der Waals surface area contributed by atoms with Gasteiger partial charge in [-0.2, -0.15) is 0 Å². The molecular formula is C24H45Cl6O2PS2. The number of unbranched alkanes of at least 4 members (excludes halogenated alkanes) is 6. The Bertz CT molecular complexity index is 527. The Labute approximate surface area is 253 Å². The average molecular weight is 673 g/mol. The molecule has 0 aliphatic carbocycles. The summed E-state index contributed by atoms with van der Waals surface area (Å²) in [4.78, 5) is 0. The monoisotopic (exact) mass is 670 g/mol. The fourth-order valence-electron chi connectivity index (χ4n) is 3.48. The lowest BCUT2D eigenvalue weighted by Gasteiger charge is -2.36. The molecule has 0 aromatic carbocycles. The van der Waals surface area contributed by atoms with Crippen LogP contribution in [-0.4, -0.2) is 29.6 Å². The van der Waals surface area contributed by atoms with E-state index in [9.17, 15) is 4.57 Å². The van der Waals surface area contributed by atoms with Crippen LogP contribution in [0.1, 0.15) is 119 Å². The van der Waals surface area contributed by atoms with Gasteiger partial charge in [0.1, 0.15) is 13.0 Å². The number of alkyl halides is 6. The van der Waals surface area contributed by atoms with Crippen LogP contribution in [0.3, 0.4) is 0 Å². The molecule has 0 bridgehead atoms. The largest absolute Gasteiger partial charge is 0.314 e. The summed E-state index contributed by atoms with van der Waals surface area (Å²) < 4.78 is 17.6. The van der Waals surface area contributed by atoms with Crippen LogP contribution in [0, 0.1) is 0 Å². The van der Waals surface area contributed by atoms with Crippen molar-refractivity contribution in [2.24, 2.45) is 0 Å². The molecule has 0 saturated heterocycles. The third-order valence-electron chi connectivity index (χ3n) is 5.67. The van der Waals surface area contributed by atoms with Gasteiger partial charge >= 0.3 is 5.77 Å². The Balaban J connectivity index is 6.14. The second kappa shape index (κ2) is 18.1. The summed E-state index contributed by atoms with van der Waals surface area (Å²) in [6.07, 6.45) is 10.4. The molecule has 0 spiro atoms. The number of hydrogen-bond donors (Lipinski definition) is 0. The molecule has 2 nitrogen and oxygen atoms in total. The molecule has 11 heteroatoms. The first kappa shape index (κ1) is 37.6. The second-order valence-electron chi connectivity index (χ2n) is 9.59. The van der Waals surface area contributed by atoms with Crippen LogP contribution in [0.25, 0.3) is 0 Å². The highest BCUT2D eigenvalue weighted by Gasteiger charge is 2.46. The van der Waals surface area contributed by atoms with Crippen LogP contribution in [0.4, 0.5) is 0 Å². The van der Waals surface area contributed by atoms with Crippen LogP contribution >= 0.6 is 98.1 Å². The van der Waals surface area contributed by atoms with Gasteiger partial charge < -0.3 is 4.52 Å². The van der Waals surface area contributed by atoms with Crippen LogP contribution in [0.2, 0.25) is 0 Å². The molecule has 0 radical (unpaired) electrons. The molecule has 0 aromatic rings. The molecule has 0 amide bonds. The Hall–Kier alpha value is 2.63. The molecule has 212 valence electrons. The van der Waals surface area contributed by atoms with Crippen molar-refractivity contribution < 1.29 is 9.09 Å². The third-order valence-corrected chi connectivity index (χ3v) is 15.8. The van der Waals surface area contributed by atoms with Gasteiger partial charge in [0.15, 0.2) is 0 Å². The van der Waals surface area contributed by atoms with Gasteiger partial charge in [-0.05, 0) is 40.0 Å². The van der Waals surface area contributed by atoms with Gasteiger partial charge in [-0.1, -0.05) is 125 Å². The van der Waals surface area contributed by atoms with Crippen molar-refractivity contribution in [1.82, 2.24) is 0 Å². The fraction of sp³-hybridized carbons (Fsp3) is 1.00. The van der Waals surface area contributed by atoms with E-state index in [2.05, 4.69) is 20.8 Å². The van der Waals surface area contributed by atoms with Crippen molar-refractivity contribution >= 4 is 98.1 Å². The van der Waals surface area contributed by atoms with E-state index < -0.39 is 24.9 Å². The Morgan fingerprint density at radius 2 is 0.971 bits per heavy atom. The second-order valence-corrected chi connectivity index (χ2v) is 22.4. The predicted molar refractivity (Wildman–Crippen MR) is 168 cm³/mol. The van der Waals surface area contributed by atoms with Crippen LogP contribution in [0.5, 0.6) is 0 Å². The molecule has 0 heterocycles. The lowest BCUT2D eigenvalue weighted by molar-refractivity contribution is 0.189. The summed E-state index contributed by atoms with van der Waals surface area (Å²) in [6.45, 7) is 11.6. The highest BCUT2D eigenvalue weighted by atomic mass is 35.5. The zero-order valence-electron chi connectivity index (χ0n) is 22.1. The summed E-state index contributed by atoms with van der Waals surface area (Å²) in [5.41, 5.74) is 0. The first-order chi connectivity index (χ1) is 16.0. The van der Waals surface area contributed by atoms with E-state index in [1.807, 2.05) is 0 Å². The first-order valence-corrected chi connectivity index (χ1v) is 19.6. The van der Waals surface area contributed by atoms with E-state index in [1.165, 1.54) is 22.8 Å². The standard InChI is InChI=1S/C24H45Cl6O2PS2/c1-7-10-13-16-19(22(4,25)26)32-33(31,34-20(23(5,27)28)17-14-11-8-2)35-21(24(6,29)30)18-15-12-9-3/h19-21H,7-18H2,1-6H3/t19-,20-,21-/m0/s1. The van der Waals surface area contributed by atoms with Crippen LogP contribution < -0.4 is 0 Å². The molecule has 0 unspecified atom stereocenters. The van der Waals surface area contributed by atoms with Crippen molar-refractivity contribution in [1.29, 1.82) is 0 Å².